The van der Waals surface area contributed by atoms with E-state index in [1.54, 1.807) is 0 Å². The van der Waals surface area contributed by atoms with E-state index in [9.17, 15) is 0 Å². The minimum atomic E-state index is 0.509. The van der Waals surface area contributed by atoms with Crippen molar-refractivity contribution in [1.82, 2.24) is 4.57 Å². The van der Waals surface area contributed by atoms with Gasteiger partial charge < -0.3 is 0 Å². The molecular formula is C13H19N2+. The van der Waals surface area contributed by atoms with Gasteiger partial charge in [-0.2, -0.15) is 0 Å². The molecule has 0 N–H and O–H groups in total. The normalized spacial score (nSPS) is 11.9. The number of para-hydroxylation sites is 2. The number of benzene rings is 1. The molecule has 2 nitrogen and oxygen atoms in total. The molecule has 2 rings (SSSR count). The third-order valence-corrected chi connectivity index (χ3v) is 2.80. The predicted molar refractivity (Wildman–Crippen MR) is 62.9 cm³/mol. The fraction of sp³-hybridized carbons (Fsp3) is 0.462. The first-order valence-electron chi connectivity index (χ1n) is 5.62. The Morgan fingerprint density at radius 3 is 2.33 bits per heavy atom. The Morgan fingerprint density at radius 2 is 1.73 bits per heavy atom. The van der Waals surface area contributed by atoms with E-state index in [1.165, 1.54) is 11.0 Å². The van der Waals surface area contributed by atoms with Crippen LogP contribution in [0.1, 0.15) is 39.8 Å². The SMILES string of the molecule is CC(C)n1c[n+](C(C)C)c2ccccc21. The molecule has 2 aromatic rings. The Bertz CT molecular complexity index is 424. The highest BCUT2D eigenvalue weighted by Crippen LogP contribution is 2.16. The van der Waals surface area contributed by atoms with E-state index < -0.39 is 0 Å². The van der Waals surface area contributed by atoms with E-state index in [1.807, 2.05) is 0 Å². The number of rotatable bonds is 2. The Labute approximate surface area is 91.2 Å². The van der Waals surface area contributed by atoms with Crippen LogP contribution in [0.5, 0.6) is 0 Å². The molecule has 0 aliphatic carbocycles. The van der Waals surface area contributed by atoms with Crippen molar-refractivity contribution < 1.29 is 4.57 Å². The molecule has 0 unspecified atom stereocenters. The maximum absolute atomic E-state index is 2.33. The summed E-state index contributed by atoms with van der Waals surface area (Å²) in [6.07, 6.45) is 2.22. The first kappa shape index (κ1) is 10.2. The van der Waals surface area contributed by atoms with Gasteiger partial charge in [0, 0.05) is 0 Å². The van der Waals surface area contributed by atoms with Crippen molar-refractivity contribution in [2.75, 3.05) is 0 Å². The molecule has 0 atom stereocenters. The summed E-state index contributed by atoms with van der Waals surface area (Å²) in [5.74, 6) is 0. The highest BCUT2D eigenvalue weighted by atomic mass is 15.2. The number of hydrogen-bond donors (Lipinski definition) is 0. The fourth-order valence-corrected chi connectivity index (χ4v) is 1.98. The van der Waals surface area contributed by atoms with E-state index in [0.29, 0.717) is 12.1 Å². The number of nitrogens with zero attached hydrogens (tertiary/aromatic N) is 2. The average Bonchev–Trinajstić information content (AvgIpc) is 2.56. The molecule has 0 amide bonds. The smallest absolute Gasteiger partial charge is 0.228 e. The number of fused-ring (bicyclic) bond motifs is 1. The molecule has 0 saturated carbocycles. The first-order chi connectivity index (χ1) is 7.11. The van der Waals surface area contributed by atoms with Gasteiger partial charge in [-0.15, -0.1) is 0 Å². The van der Waals surface area contributed by atoms with Crippen molar-refractivity contribution >= 4 is 11.0 Å². The summed E-state index contributed by atoms with van der Waals surface area (Å²) in [4.78, 5) is 0. The van der Waals surface area contributed by atoms with Crippen LogP contribution in [0.25, 0.3) is 11.0 Å². The van der Waals surface area contributed by atoms with Crippen LogP contribution in [0.3, 0.4) is 0 Å². The molecule has 0 radical (unpaired) electrons. The molecule has 1 aromatic carbocycles. The molecule has 0 aliphatic rings. The van der Waals surface area contributed by atoms with Crippen LogP contribution < -0.4 is 4.57 Å². The molecule has 1 heterocycles. The summed E-state index contributed by atoms with van der Waals surface area (Å²) in [5, 5.41) is 0. The van der Waals surface area contributed by atoms with Crippen molar-refractivity contribution in [3.63, 3.8) is 0 Å². The first-order valence-corrected chi connectivity index (χ1v) is 5.62. The molecule has 80 valence electrons. The quantitative estimate of drug-likeness (QED) is 0.663. The lowest BCUT2D eigenvalue weighted by Crippen LogP contribution is -2.34. The van der Waals surface area contributed by atoms with Crippen molar-refractivity contribution in [2.45, 2.75) is 39.8 Å². The van der Waals surface area contributed by atoms with Gasteiger partial charge in [0.2, 0.25) is 6.33 Å². The summed E-state index contributed by atoms with van der Waals surface area (Å²) in [6, 6.07) is 9.60. The molecule has 0 aliphatic heterocycles. The highest BCUT2D eigenvalue weighted by molar-refractivity contribution is 5.71. The molecule has 0 bridgehead atoms. The molecule has 0 spiro atoms. The van der Waals surface area contributed by atoms with Crippen LogP contribution in [-0.2, 0) is 0 Å². The van der Waals surface area contributed by atoms with Crippen LogP contribution in [0.2, 0.25) is 0 Å². The summed E-state index contributed by atoms with van der Waals surface area (Å²) in [7, 11) is 0. The number of hydrogen-bond acceptors (Lipinski definition) is 0. The minimum absolute atomic E-state index is 0.509. The average molecular weight is 203 g/mol. The molecular weight excluding hydrogens is 184 g/mol. The maximum atomic E-state index is 2.33. The summed E-state index contributed by atoms with van der Waals surface area (Å²) < 4.78 is 4.66. The van der Waals surface area contributed by atoms with Crippen molar-refractivity contribution in [3.8, 4) is 0 Å². The summed E-state index contributed by atoms with van der Waals surface area (Å²) in [6.45, 7) is 8.88. The number of imidazole rings is 1. The van der Waals surface area contributed by atoms with E-state index >= 15 is 0 Å². The Morgan fingerprint density at radius 1 is 1.07 bits per heavy atom. The van der Waals surface area contributed by atoms with Crippen LogP contribution >= 0.6 is 0 Å². The maximum Gasteiger partial charge on any atom is 0.245 e. The highest BCUT2D eigenvalue weighted by Gasteiger charge is 2.18. The van der Waals surface area contributed by atoms with Gasteiger partial charge in [-0.05, 0) is 39.8 Å². The van der Waals surface area contributed by atoms with Crippen molar-refractivity contribution in [3.05, 3.63) is 30.6 Å². The topological polar surface area (TPSA) is 8.81 Å². The van der Waals surface area contributed by atoms with Crippen LogP contribution in [0.4, 0.5) is 0 Å². The van der Waals surface area contributed by atoms with Crippen molar-refractivity contribution in [1.29, 1.82) is 0 Å². The molecule has 0 fully saturated rings. The van der Waals surface area contributed by atoms with E-state index in [4.69, 9.17) is 0 Å². The van der Waals surface area contributed by atoms with Gasteiger partial charge >= 0.3 is 0 Å². The zero-order valence-corrected chi connectivity index (χ0v) is 9.94. The lowest BCUT2D eigenvalue weighted by atomic mass is 10.3. The van der Waals surface area contributed by atoms with Gasteiger partial charge in [-0.25, -0.2) is 9.13 Å². The van der Waals surface area contributed by atoms with Crippen LogP contribution in [-0.4, -0.2) is 4.57 Å². The second-order valence-corrected chi connectivity index (χ2v) is 4.61. The zero-order valence-electron chi connectivity index (χ0n) is 9.94. The largest absolute Gasteiger partial charge is 0.245 e. The second-order valence-electron chi connectivity index (χ2n) is 4.61. The van der Waals surface area contributed by atoms with Gasteiger partial charge in [0.1, 0.15) is 0 Å². The summed E-state index contributed by atoms with van der Waals surface area (Å²) >= 11 is 0. The lowest BCUT2D eigenvalue weighted by molar-refractivity contribution is -0.692. The third-order valence-electron chi connectivity index (χ3n) is 2.80. The molecule has 15 heavy (non-hydrogen) atoms. The minimum Gasteiger partial charge on any atom is -0.228 e. The Hall–Kier alpha value is -1.31. The predicted octanol–water partition coefficient (Wildman–Crippen LogP) is 3.09. The number of aromatic nitrogens is 2. The van der Waals surface area contributed by atoms with Crippen LogP contribution in [0.15, 0.2) is 30.6 Å². The lowest BCUT2D eigenvalue weighted by Gasteiger charge is -2.00. The Kier molecular flexibility index (Phi) is 2.51. The Balaban J connectivity index is 2.73. The van der Waals surface area contributed by atoms with E-state index in [2.05, 4.69) is 67.4 Å². The van der Waals surface area contributed by atoms with Gasteiger partial charge in [0.25, 0.3) is 0 Å². The van der Waals surface area contributed by atoms with Crippen LogP contribution in [0, 0.1) is 0 Å². The van der Waals surface area contributed by atoms with E-state index in [-0.39, 0.29) is 0 Å². The zero-order chi connectivity index (χ0) is 11.0. The second kappa shape index (κ2) is 3.69. The van der Waals surface area contributed by atoms with E-state index in [0.717, 1.165) is 0 Å². The van der Waals surface area contributed by atoms with Gasteiger partial charge in [0.05, 0.1) is 12.1 Å². The summed E-state index contributed by atoms with van der Waals surface area (Å²) in [5.41, 5.74) is 2.64. The fourth-order valence-electron chi connectivity index (χ4n) is 1.98. The molecule has 0 saturated heterocycles. The molecule has 2 heteroatoms. The van der Waals surface area contributed by atoms with Crippen molar-refractivity contribution in [2.24, 2.45) is 0 Å². The van der Waals surface area contributed by atoms with Gasteiger partial charge in [0.15, 0.2) is 11.0 Å². The van der Waals surface area contributed by atoms with Gasteiger partial charge in [-0.3, -0.25) is 0 Å². The van der Waals surface area contributed by atoms with Gasteiger partial charge in [-0.1, -0.05) is 12.1 Å². The monoisotopic (exact) mass is 203 g/mol. The standard InChI is InChI=1S/C13H19N2/c1-10(2)14-9-15(11(3)4)13-8-6-5-7-12(13)14/h5-11H,1-4H3/q+1. The molecule has 1 aromatic heterocycles. The third kappa shape index (κ3) is 1.65.